The first-order valence-electron chi connectivity index (χ1n) is 9.24. The smallest absolute Gasteiger partial charge is 0.251 e. The van der Waals surface area contributed by atoms with Gasteiger partial charge in [0.15, 0.2) is 0 Å². The summed E-state index contributed by atoms with van der Waals surface area (Å²) in [5.74, 6) is 0.648. The Morgan fingerprint density at radius 3 is 2.64 bits per heavy atom. The van der Waals surface area contributed by atoms with Crippen molar-refractivity contribution in [3.05, 3.63) is 89.7 Å². The Labute approximate surface area is 166 Å². The monoisotopic (exact) mass is 375 g/mol. The van der Waals surface area contributed by atoms with Crippen molar-refractivity contribution in [3.63, 3.8) is 0 Å². The fraction of sp³-hybridized carbons (Fsp3) is 0.217. The minimum atomic E-state index is -0.145. The fourth-order valence-corrected chi connectivity index (χ4v) is 2.80. The van der Waals surface area contributed by atoms with Gasteiger partial charge in [-0.15, -0.1) is 0 Å². The van der Waals surface area contributed by atoms with Crippen molar-refractivity contribution >= 4 is 11.6 Å². The van der Waals surface area contributed by atoms with Crippen LogP contribution in [0, 0.1) is 0 Å². The molecule has 1 aromatic heterocycles. The molecule has 1 N–H and O–H groups in total. The molecule has 0 spiro atoms. The molecule has 5 heteroatoms. The summed E-state index contributed by atoms with van der Waals surface area (Å²) >= 11 is 0. The molecule has 1 amide bonds. The zero-order valence-electron chi connectivity index (χ0n) is 16.4. The average Bonchev–Trinajstić information content (AvgIpc) is 2.73. The molecule has 3 rings (SSSR count). The van der Waals surface area contributed by atoms with Crippen LogP contribution in [0.3, 0.4) is 0 Å². The summed E-state index contributed by atoms with van der Waals surface area (Å²) in [4.78, 5) is 18.9. The molecule has 0 saturated carbocycles. The number of carbonyl (C=O) groups is 1. The van der Waals surface area contributed by atoms with Crippen molar-refractivity contribution < 1.29 is 9.53 Å². The molecule has 0 bridgehead atoms. The summed E-state index contributed by atoms with van der Waals surface area (Å²) in [5.41, 5.74) is 3.48. The maximum absolute atomic E-state index is 12.6. The zero-order valence-corrected chi connectivity index (χ0v) is 16.4. The normalized spacial score (nSPS) is 11.5. The Hall–Kier alpha value is -3.34. The molecule has 28 heavy (non-hydrogen) atoms. The molecule has 0 fully saturated rings. The Balaban J connectivity index is 1.64. The van der Waals surface area contributed by atoms with Gasteiger partial charge in [0.2, 0.25) is 0 Å². The number of ether oxygens (including phenoxy) is 1. The summed E-state index contributed by atoms with van der Waals surface area (Å²) in [7, 11) is 3.91. The van der Waals surface area contributed by atoms with E-state index in [1.54, 1.807) is 6.20 Å². The number of pyridine rings is 1. The second kappa shape index (κ2) is 9.04. The maximum Gasteiger partial charge on any atom is 0.251 e. The van der Waals surface area contributed by atoms with E-state index < -0.39 is 0 Å². The number of aromatic nitrogens is 1. The van der Waals surface area contributed by atoms with Crippen LogP contribution < -0.4 is 15.0 Å². The number of hydrogen-bond donors (Lipinski definition) is 1. The Morgan fingerprint density at radius 1 is 1.07 bits per heavy atom. The number of anilines is 1. The summed E-state index contributed by atoms with van der Waals surface area (Å²) in [6.07, 6.45) is 1.75. The van der Waals surface area contributed by atoms with E-state index in [2.05, 4.69) is 10.3 Å². The molecule has 5 nitrogen and oxygen atoms in total. The lowest BCUT2D eigenvalue weighted by Gasteiger charge is -2.17. The lowest BCUT2D eigenvalue weighted by atomic mass is 10.1. The van der Waals surface area contributed by atoms with Crippen LogP contribution in [0.25, 0.3) is 0 Å². The second-order valence-electron chi connectivity index (χ2n) is 6.82. The van der Waals surface area contributed by atoms with Crippen LogP contribution in [0.5, 0.6) is 5.75 Å². The van der Waals surface area contributed by atoms with E-state index in [9.17, 15) is 4.79 Å². The van der Waals surface area contributed by atoms with Crippen LogP contribution in [-0.4, -0.2) is 25.0 Å². The first kappa shape index (κ1) is 19.4. The van der Waals surface area contributed by atoms with Crippen LogP contribution in [0.1, 0.15) is 34.6 Å². The minimum Gasteiger partial charge on any atom is -0.487 e. The van der Waals surface area contributed by atoms with Gasteiger partial charge in [-0.05, 0) is 55.0 Å². The standard InChI is InChI=1S/C23H25N3O2/c1-17(25-23(27)19-9-6-11-21(14-19)26(2)3)18-8-7-12-22(15-18)28-16-20-10-4-5-13-24-20/h4-15,17H,16H2,1-3H3,(H,25,27). The molecule has 0 aliphatic heterocycles. The van der Waals surface area contributed by atoms with Crippen molar-refractivity contribution in [3.8, 4) is 5.75 Å². The van der Waals surface area contributed by atoms with Gasteiger partial charge < -0.3 is 15.0 Å². The highest BCUT2D eigenvalue weighted by Gasteiger charge is 2.13. The number of amides is 1. The third-order valence-corrected chi connectivity index (χ3v) is 4.44. The van der Waals surface area contributed by atoms with Crippen molar-refractivity contribution in [2.45, 2.75) is 19.6 Å². The van der Waals surface area contributed by atoms with Crippen LogP contribution in [0.4, 0.5) is 5.69 Å². The lowest BCUT2D eigenvalue weighted by Crippen LogP contribution is -2.26. The van der Waals surface area contributed by atoms with Gasteiger partial charge in [0.25, 0.3) is 5.91 Å². The second-order valence-corrected chi connectivity index (χ2v) is 6.82. The van der Waals surface area contributed by atoms with Crippen molar-refractivity contribution in [1.29, 1.82) is 0 Å². The van der Waals surface area contributed by atoms with E-state index >= 15 is 0 Å². The van der Waals surface area contributed by atoms with Gasteiger partial charge >= 0.3 is 0 Å². The topological polar surface area (TPSA) is 54.5 Å². The molecule has 3 aromatic rings. The van der Waals surface area contributed by atoms with Crippen molar-refractivity contribution in [2.24, 2.45) is 0 Å². The number of hydrogen-bond acceptors (Lipinski definition) is 4. The lowest BCUT2D eigenvalue weighted by molar-refractivity contribution is 0.0940. The van der Waals surface area contributed by atoms with Crippen LogP contribution in [0.2, 0.25) is 0 Å². The average molecular weight is 375 g/mol. The molecule has 0 aliphatic carbocycles. The minimum absolute atomic E-state index is 0.101. The summed E-state index contributed by atoms with van der Waals surface area (Å²) in [5, 5.41) is 3.05. The summed E-state index contributed by atoms with van der Waals surface area (Å²) in [6, 6.07) is 20.9. The van der Waals surface area contributed by atoms with E-state index in [0.717, 1.165) is 22.7 Å². The van der Waals surface area contributed by atoms with Crippen LogP contribution in [-0.2, 0) is 6.61 Å². The SMILES string of the molecule is CC(NC(=O)c1cccc(N(C)C)c1)c1cccc(OCc2ccccn2)c1. The first-order valence-corrected chi connectivity index (χ1v) is 9.24. The van der Waals surface area contributed by atoms with Gasteiger partial charge in [-0.1, -0.05) is 24.3 Å². The Bertz CT molecular complexity index is 926. The highest BCUT2D eigenvalue weighted by molar-refractivity contribution is 5.95. The number of carbonyl (C=O) groups excluding carboxylic acids is 1. The van der Waals surface area contributed by atoms with Crippen molar-refractivity contribution in [1.82, 2.24) is 10.3 Å². The van der Waals surface area contributed by atoms with E-state index in [4.69, 9.17) is 4.74 Å². The van der Waals surface area contributed by atoms with Gasteiger partial charge in [-0.2, -0.15) is 0 Å². The number of benzene rings is 2. The van der Waals surface area contributed by atoms with Gasteiger partial charge in [0.05, 0.1) is 11.7 Å². The molecule has 2 aromatic carbocycles. The molecule has 0 aliphatic rings. The number of nitrogens with zero attached hydrogens (tertiary/aromatic N) is 2. The molecule has 1 heterocycles. The third-order valence-electron chi connectivity index (χ3n) is 4.44. The van der Waals surface area contributed by atoms with Gasteiger partial charge in [0.1, 0.15) is 12.4 Å². The van der Waals surface area contributed by atoms with Crippen LogP contribution in [0.15, 0.2) is 72.9 Å². The molecule has 144 valence electrons. The molecular weight excluding hydrogens is 350 g/mol. The van der Waals surface area contributed by atoms with E-state index in [0.29, 0.717) is 12.2 Å². The van der Waals surface area contributed by atoms with Crippen molar-refractivity contribution in [2.75, 3.05) is 19.0 Å². The molecule has 0 saturated heterocycles. The molecule has 1 unspecified atom stereocenters. The predicted molar refractivity (Wildman–Crippen MR) is 112 cm³/mol. The summed E-state index contributed by atoms with van der Waals surface area (Å²) in [6.45, 7) is 2.37. The molecular formula is C23H25N3O2. The largest absolute Gasteiger partial charge is 0.487 e. The van der Waals surface area contributed by atoms with E-state index in [1.807, 2.05) is 92.6 Å². The maximum atomic E-state index is 12.6. The Kier molecular flexibility index (Phi) is 6.27. The van der Waals surface area contributed by atoms with Crippen LogP contribution >= 0.6 is 0 Å². The van der Waals surface area contributed by atoms with E-state index in [-0.39, 0.29) is 11.9 Å². The molecule has 1 atom stereocenters. The first-order chi connectivity index (χ1) is 13.5. The predicted octanol–water partition coefficient (Wildman–Crippen LogP) is 4.22. The zero-order chi connectivity index (χ0) is 19.9. The van der Waals surface area contributed by atoms with E-state index in [1.165, 1.54) is 0 Å². The van der Waals surface area contributed by atoms with Gasteiger partial charge in [-0.25, -0.2) is 0 Å². The van der Waals surface area contributed by atoms with Gasteiger partial charge in [0, 0.05) is 31.5 Å². The number of nitrogens with one attached hydrogen (secondary N) is 1. The van der Waals surface area contributed by atoms with Gasteiger partial charge in [-0.3, -0.25) is 9.78 Å². The fourth-order valence-electron chi connectivity index (χ4n) is 2.80. The highest BCUT2D eigenvalue weighted by atomic mass is 16.5. The number of rotatable bonds is 7. The highest BCUT2D eigenvalue weighted by Crippen LogP contribution is 2.21. The summed E-state index contributed by atoms with van der Waals surface area (Å²) < 4.78 is 5.83. The molecule has 0 radical (unpaired) electrons. The third kappa shape index (κ3) is 5.10. The quantitative estimate of drug-likeness (QED) is 0.672. The Morgan fingerprint density at radius 2 is 1.89 bits per heavy atom.